The van der Waals surface area contributed by atoms with Crippen LogP contribution >= 0.6 is 0 Å². The van der Waals surface area contributed by atoms with Crippen molar-refractivity contribution < 1.29 is 9.53 Å². The number of carbonyl (C=O) groups is 1. The third-order valence-corrected chi connectivity index (χ3v) is 4.55. The van der Waals surface area contributed by atoms with Crippen LogP contribution in [-0.4, -0.2) is 18.6 Å². The highest BCUT2D eigenvalue weighted by molar-refractivity contribution is 5.89. The largest absolute Gasteiger partial charge is 0.480 e. The molecule has 3 heteroatoms. The average molecular weight is 323 g/mol. The number of hydrogen-bond acceptors (Lipinski definition) is 2. The van der Waals surface area contributed by atoms with Crippen molar-refractivity contribution >= 4 is 16.7 Å². The zero-order valence-corrected chi connectivity index (χ0v) is 14.3. The number of nitrogens with one attached hydrogen (secondary N) is 1. The molecule has 1 unspecified atom stereocenters. The quantitative estimate of drug-likeness (QED) is 0.788. The van der Waals surface area contributed by atoms with Gasteiger partial charge in [0.1, 0.15) is 5.75 Å². The van der Waals surface area contributed by atoms with Crippen LogP contribution in [0.4, 0.5) is 0 Å². The van der Waals surface area contributed by atoms with Gasteiger partial charge in [0.05, 0.1) is 0 Å². The molecule has 0 saturated heterocycles. The highest BCUT2D eigenvalue weighted by atomic mass is 16.5. The van der Waals surface area contributed by atoms with Gasteiger partial charge in [-0.15, -0.1) is 0 Å². The van der Waals surface area contributed by atoms with Gasteiger partial charge >= 0.3 is 0 Å². The van der Waals surface area contributed by atoms with Crippen molar-refractivity contribution in [3.63, 3.8) is 0 Å². The van der Waals surface area contributed by atoms with Crippen LogP contribution in [-0.2, 0) is 4.79 Å². The number of carbonyl (C=O) groups excluding carboxylic acids is 1. The zero-order valence-electron chi connectivity index (χ0n) is 14.3. The molecule has 0 fully saturated rings. The van der Waals surface area contributed by atoms with Crippen LogP contribution in [0.1, 0.15) is 39.0 Å². The second-order valence-electron chi connectivity index (χ2n) is 6.39. The van der Waals surface area contributed by atoms with Gasteiger partial charge in [0.25, 0.3) is 5.91 Å². The lowest BCUT2D eigenvalue weighted by molar-refractivity contribution is -0.127. The summed E-state index contributed by atoms with van der Waals surface area (Å²) in [7, 11) is 0. The van der Waals surface area contributed by atoms with E-state index in [0.717, 1.165) is 22.9 Å². The summed E-state index contributed by atoms with van der Waals surface area (Å²) in [5.74, 6) is 0.699. The van der Waals surface area contributed by atoms with Crippen LogP contribution in [0.5, 0.6) is 5.75 Å². The Labute approximate surface area is 143 Å². The maximum absolute atomic E-state index is 12.3. The molecule has 3 nitrogen and oxygen atoms in total. The Morgan fingerprint density at radius 3 is 2.83 bits per heavy atom. The molecule has 2 aromatic rings. The monoisotopic (exact) mass is 323 g/mol. The molecule has 0 aliphatic heterocycles. The number of amides is 1. The fourth-order valence-electron chi connectivity index (χ4n) is 3.16. The van der Waals surface area contributed by atoms with Gasteiger partial charge in [0.2, 0.25) is 0 Å². The van der Waals surface area contributed by atoms with Gasteiger partial charge in [-0.3, -0.25) is 4.79 Å². The smallest absolute Gasteiger partial charge is 0.260 e. The Morgan fingerprint density at radius 1 is 1.17 bits per heavy atom. The minimum Gasteiger partial charge on any atom is -0.480 e. The molecule has 1 atom stereocenters. The van der Waals surface area contributed by atoms with Crippen molar-refractivity contribution in [2.24, 2.45) is 0 Å². The van der Waals surface area contributed by atoms with Gasteiger partial charge in [-0.05, 0) is 50.5 Å². The van der Waals surface area contributed by atoms with Crippen molar-refractivity contribution in [1.29, 1.82) is 0 Å². The summed E-state index contributed by atoms with van der Waals surface area (Å²) in [6.45, 7) is 2.49. The number of benzene rings is 2. The topological polar surface area (TPSA) is 38.3 Å². The number of fused-ring (bicyclic) bond motifs is 1. The highest BCUT2D eigenvalue weighted by Gasteiger charge is 2.15. The van der Waals surface area contributed by atoms with E-state index >= 15 is 0 Å². The molecule has 0 saturated carbocycles. The first kappa shape index (κ1) is 16.6. The maximum Gasteiger partial charge on any atom is 0.260 e. The Morgan fingerprint density at radius 2 is 2.00 bits per heavy atom. The summed E-state index contributed by atoms with van der Waals surface area (Å²) >= 11 is 0. The third-order valence-electron chi connectivity index (χ3n) is 4.55. The lowest BCUT2D eigenvalue weighted by Crippen LogP contribution is -2.37. The van der Waals surface area contributed by atoms with E-state index in [1.54, 1.807) is 6.92 Å². The summed E-state index contributed by atoms with van der Waals surface area (Å²) in [4.78, 5) is 12.3. The van der Waals surface area contributed by atoms with Crippen LogP contribution in [0.3, 0.4) is 0 Å². The molecule has 0 aromatic heterocycles. The summed E-state index contributed by atoms with van der Waals surface area (Å²) in [6.07, 6.45) is 7.71. The summed E-state index contributed by atoms with van der Waals surface area (Å²) in [6, 6.07) is 14.0. The van der Waals surface area contributed by atoms with Gasteiger partial charge in [-0.1, -0.05) is 48.0 Å². The van der Waals surface area contributed by atoms with Crippen LogP contribution < -0.4 is 10.1 Å². The maximum atomic E-state index is 12.3. The molecule has 0 spiro atoms. The number of ether oxygens (including phenoxy) is 1. The fourth-order valence-corrected chi connectivity index (χ4v) is 3.16. The predicted octanol–water partition coefficient (Wildman–Crippen LogP) is 4.61. The van der Waals surface area contributed by atoms with E-state index in [1.165, 1.54) is 31.3 Å². The van der Waals surface area contributed by atoms with E-state index in [2.05, 4.69) is 11.4 Å². The first-order chi connectivity index (χ1) is 11.7. The van der Waals surface area contributed by atoms with Crippen molar-refractivity contribution in [3.8, 4) is 5.75 Å². The molecular formula is C21H25NO2. The second-order valence-corrected chi connectivity index (χ2v) is 6.39. The van der Waals surface area contributed by atoms with Crippen LogP contribution in [0.15, 0.2) is 54.1 Å². The van der Waals surface area contributed by atoms with Gasteiger partial charge in [0, 0.05) is 11.9 Å². The molecule has 3 rings (SSSR count). The van der Waals surface area contributed by atoms with Crippen LogP contribution in [0, 0.1) is 0 Å². The van der Waals surface area contributed by atoms with E-state index in [9.17, 15) is 4.79 Å². The average Bonchev–Trinajstić information content (AvgIpc) is 2.63. The van der Waals surface area contributed by atoms with Gasteiger partial charge in [-0.25, -0.2) is 0 Å². The van der Waals surface area contributed by atoms with Gasteiger partial charge < -0.3 is 10.1 Å². The summed E-state index contributed by atoms with van der Waals surface area (Å²) in [5.41, 5.74) is 1.48. The predicted molar refractivity (Wildman–Crippen MR) is 98.2 cm³/mol. The van der Waals surface area contributed by atoms with E-state index in [1.807, 2.05) is 42.5 Å². The Balaban J connectivity index is 1.54. The number of rotatable bonds is 6. The van der Waals surface area contributed by atoms with Crippen molar-refractivity contribution in [2.45, 2.75) is 45.1 Å². The van der Waals surface area contributed by atoms with Crippen LogP contribution in [0.2, 0.25) is 0 Å². The lowest BCUT2D eigenvalue weighted by atomic mass is 9.97. The third kappa shape index (κ3) is 4.16. The fraction of sp³-hybridized carbons (Fsp3) is 0.381. The summed E-state index contributed by atoms with van der Waals surface area (Å²) < 4.78 is 5.91. The molecule has 1 aliphatic carbocycles. The molecule has 126 valence electrons. The minimum absolute atomic E-state index is 0.0562. The van der Waals surface area contributed by atoms with E-state index in [0.29, 0.717) is 6.54 Å². The standard InChI is InChI=1S/C21H25NO2/c1-16(21(23)22-15-14-17-8-3-2-4-9-17)24-20-13-7-11-18-10-5-6-12-19(18)20/h5-8,10-13,16H,2-4,9,14-15H2,1H3,(H,22,23). The van der Waals surface area contributed by atoms with E-state index in [4.69, 9.17) is 4.74 Å². The SMILES string of the molecule is CC(Oc1cccc2ccccc12)C(=O)NCCC1=CCCCC1. The molecule has 1 N–H and O–H groups in total. The molecular weight excluding hydrogens is 298 g/mol. The van der Waals surface area contributed by atoms with E-state index in [-0.39, 0.29) is 5.91 Å². The van der Waals surface area contributed by atoms with Crippen molar-refractivity contribution in [1.82, 2.24) is 5.32 Å². The van der Waals surface area contributed by atoms with Gasteiger partial charge in [-0.2, -0.15) is 0 Å². The Bertz CT molecular complexity index is 730. The second kappa shape index (κ2) is 8.00. The van der Waals surface area contributed by atoms with Crippen LogP contribution in [0.25, 0.3) is 10.8 Å². The van der Waals surface area contributed by atoms with E-state index < -0.39 is 6.10 Å². The normalized spacial score (nSPS) is 15.6. The highest BCUT2D eigenvalue weighted by Crippen LogP contribution is 2.26. The van der Waals surface area contributed by atoms with Crippen molar-refractivity contribution in [2.75, 3.05) is 6.54 Å². The first-order valence-corrected chi connectivity index (χ1v) is 8.84. The van der Waals surface area contributed by atoms with Crippen molar-refractivity contribution in [3.05, 3.63) is 54.1 Å². The summed E-state index contributed by atoms with van der Waals surface area (Å²) in [5, 5.41) is 5.14. The Kier molecular flexibility index (Phi) is 5.52. The lowest BCUT2D eigenvalue weighted by Gasteiger charge is -2.17. The molecule has 2 aromatic carbocycles. The molecule has 1 aliphatic rings. The Hall–Kier alpha value is -2.29. The number of allylic oxidation sites excluding steroid dienone is 1. The number of hydrogen-bond donors (Lipinski definition) is 1. The molecule has 0 bridgehead atoms. The zero-order chi connectivity index (χ0) is 16.8. The molecule has 0 radical (unpaired) electrons. The molecule has 1 amide bonds. The molecule has 24 heavy (non-hydrogen) atoms. The minimum atomic E-state index is -0.504. The molecule has 0 heterocycles. The first-order valence-electron chi connectivity index (χ1n) is 8.84. The van der Waals surface area contributed by atoms with Gasteiger partial charge in [0.15, 0.2) is 6.10 Å².